The van der Waals surface area contributed by atoms with Crippen molar-refractivity contribution in [2.24, 2.45) is 0 Å². The smallest absolute Gasteiger partial charge is 0.462 e. The van der Waals surface area contributed by atoms with Crippen LogP contribution in [0.1, 0.15) is 52.0 Å². The molecule has 1 aromatic heterocycles. The molecule has 0 unspecified atom stereocenters. The number of ether oxygens (including phenoxy) is 2. The summed E-state index contributed by atoms with van der Waals surface area (Å²) in [5, 5.41) is 4.86. The molecule has 1 amide bonds. The zero-order chi connectivity index (χ0) is 19.6. The van der Waals surface area contributed by atoms with Crippen molar-refractivity contribution in [1.29, 1.82) is 0 Å². The van der Waals surface area contributed by atoms with E-state index in [0.717, 1.165) is 30.5 Å². The molecule has 27 heavy (non-hydrogen) atoms. The predicted molar refractivity (Wildman–Crippen MR) is 93.3 cm³/mol. The van der Waals surface area contributed by atoms with Crippen LogP contribution in [-0.4, -0.2) is 24.8 Å². The minimum atomic E-state index is -4.80. The van der Waals surface area contributed by atoms with Crippen molar-refractivity contribution >= 4 is 28.2 Å². The van der Waals surface area contributed by atoms with Gasteiger partial charge in [0.1, 0.15) is 10.8 Å². The van der Waals surface area contributed by atoms with Crippen molar-refractivity contribution in [3.63, 3.8) is 0 Å². The molecule has 3 rings (SSSR count). The van der Waals surface area contributed by atoms with Crippen molar-refractivity contribution in [2.45, 2.75) is 32.0 Å². The lowest BCUT2D eigenvalue weighted by molar-refractivity contribution is -0.274. The molecule has 0 bridgehead atoms. The minimum Gasteiger partial charge on any atom is -0.462 e. The van der Waals surface area contributed by atoms with Crippen LogP contribution in [0, 0.1) is 0 Å². The van der Waals surface area contributed by atoms with E-state index in [2.05, 4.69) is 10.1 Å². The van der Waals surface area contributed by atoms with E-state index in [0.29, 0.717) is 16.5 Å². The predicted octanol–water partition coefficient (Wildman–Crippen LogP) is 4.95. The molecule has 0 spiro atoms. The largest absolute Gasteiger partial charge is 0.573 e. The van der Waals surface area contributed by atoms with Crippen LogP contribution in [-0.2, 0) is 4.74 Å². The molecular weight excluding hydrogens is 383 g/mol. The molecule has 1 heterocycles. The monoisotopic (exact) mass is 399 g/mol. The summed E-state index contributed by atoms with van der Waals surface area (Å²) in [5.74, 6) is -1.16. The summed E-state index contributed by atoms with van der Waals surface area (Å²) in [6.07, 6.45) is -2.83. The molecule has 1 aromatic carbocycles. The highest BCUT2D eigenvalue weighted by Gasteiger charge is 2.33. The summed E-state index contributed by atoms with van der Waals surface area (Å²) in [4.78, 5) is 24.7. The second-order valence-corrected chi connectivity index (χ2v) is 6.80. The lowest BCUT2D eigenvalue weighted by atomic mass is 10.1. The van der Waals surface area contributed by atoms with Gasteiger partial charge >= 0.3 is 12.3 Å². The van der Waals surface area contributed by atoms with Crippen LogP contribution in [0.2, 0.25) is 0 Å². The van der Waals surface area contributed by atoms with Gasteiger partial charge in [0.2, 0.25) is 0 Å². The van der Waals surface area contributed by atoms with Crippen LogP contribution in [0.5, 0.6) is 5.75 Å². The maximum atomic E-state index is 12.4. The number of esters is 1. The van der Waals surface area contributed by atoms with E-state index in [9.17, 15) is 22.8 Å². The zero-order valence-electron chi connectivity index (χ0n) is 14.3. The molecule has 1 saturated carbocycles. The Bertz CT molecular complexity index is 841. The number of alkyl halides is 3. The molecule has 0 radical (unpaired) electrons. The minimum absolute atomic E-state index is 0.140. The fourth-order valence-corrected chi connectivity index (χ4v) is 3.58. The van der Waals surface area contributed by atoms with Crippen LogP contribution in [0.3, 0.4) is 0 Å². The van der Waals surface area contributed by atoms with E-state index in [1.807, 2.05) is 5.38 Å². The topological polar surface area (TPSA) is 64.6 Å². The van der Waals surface area contributed by atoms with Crippen LogP contribution in [0.4, 0.5) is 18.2 Å². The highest BCUT2D eigenvalue weighted by atomic mass is 32.1. The molecule has 2 aromatic rings. The van der Waals surface area contributed by atoms with Crippen LogP contribution >= 0.6 is 11.3 Å². The SMILES string of the molecule is CCOC(=O)c1c(C2CC2)csc1NC(=O)c1ccc(OC(F)(F)F)cc1. The molecule has 9 heteroatoms. The van der Waals surface area contributed by atoms with Gasteiger partial charge in [-0.05, 0) is 60.9 Å². The molecule has 1 N–H and O–H groups in total. The van der Waals surface area contributed by atoms with Gasteiger partial charge in [0.05, 0.1) is 12.2 Å². The molecule has 1 fully saturated rings. The number of nitrogens with one attached hydrogen (secondary N) is 1. The fraction of sp³-hybridized carbons (Fsp3) is 0.333. The van der Waals surface area contributed by atoms with Crippen molar-refractivity contribution in [3.8, 4) is 5.75 Å². The van der Waals surface area contributed by atoms with E-state index in [4.69, 9.17) is 4.74 Å². The number of carbonyl (C=O) groups is 2. The Labute approximate surface area is 157 Å². The summed E-state index contributed by atoms with van der Waals surface area (Å²) in [7, 11) is 0. The molecule has 0 aliphatic heterocycles. The normalized spacial score (nSPS) is 13.9. The first-order valence-corrected chi connectivity index (χ1v) is 9.12. The number of thiophene rings is 1. The average Bonchev–Trinajstić information content (AvgIpc) is 3.35. The summed E-state index contributed by atoms with van der Waals surface area (Å²) in [6, 6.07) is 4.54. The van der Waals surface area contributed by atoms with E-state index in [1.54, 1.807) is 6.92 Å². The molecule has 0 saturated heterocycles. The molecule has 5 nitrogen and oxygen atoms in total. The first-order chi connectivity index (χ1) is 12.8. The second kappa shape index (κ2) is 7.59. The number of benzene rings is 1. The number of hydrogen-bond donors (Lipinski definition) is 1. The van der Waals surface area contributed by atoms with E-state index in [-0.39, 0.29) is 12.2 Å². The van der Waals surface area contributed by atoms with Gasteiger partial charge in [0.15, 0.2) is 0 Å². The number of hydrogen-bond acceptors (Lipinski definition) is 5. The van der Waals surface area contributed by atoms with E-state index in [1.165, 1.54) is 23.5 Å². The summed E-state index contributed by atoms with van der Waals surface area (Å²) in [6.45, 7) is 1.91. The third-order valence-corrected chi connectivity index (χ3v) is 4.81. The number of halogens is 3. The Kier molecular flexibility index (Phi) is 5.41. The number of rotatable bonds is 6. The van der Waals surface area contributed by atoms with Crippen LogP contribution in [0.15, 0.2) is 29.6 Å². The summed E-state index contributed by atoms with van der Waals surface area (Å²) in [5.41, 5.74) is 1.36. The number of amides is 1. The Balaban J connectivity index is 1.77. The van der Waals surface area contributed by atoms with Crippen molar-refractivity contribution in [1.82, 2.24) is 0 Å². The second-order valence-electron chi connectivity index (χ2n) is 5.92. The Morgan fingerprint density at radius 3 is 2.44 bits per heavy atom. The highest BCUT2D eigenvalue weighted by Crippen LogP contribution is 2.46. The van der Waals surface area contributed by atoms with Crippen LogP contribution < -0.4 is 10.1 Å². The molecule has 1 aliphatic rings. The van der Waals surface area contributed by atoms with Gasteiger partial charge in [0.25, 0.3) is 5.91 Å². The van der Waals surface area contributed by atoms with Gasteiger partial charge in [-0.15, -0.1) is 24.5 Å². The third kappa shape index (κ3) is 4.79. The Morgan fingerprint density at radius 2 is 1.89 bits per heavy atom. The Morgan fingerprint density at radius 1 is 1.22 bits per heavy atom. The maximum absolute atomic E-state index is 12.4. The first-order valence-electron chi connectivity index (χ1n) is 8.24. The molecule has 0 atom stereocenters. The highest BCUT2D eigenvalue weighted by molar-refractivity contribution is 7.15. The van der Waals surface area contributed by atoms with Crippen LogP contribution in [0.25, 0.3) is 0 Å². The van der Waals surface area contributed by atoms with Crippen molar-refractivity contribution < 1.29 is 32.2 Å². The van der Waals surface area contributed by atoms with E-state index >= 15 is 0 Å². The standard InChI is InChI=1S/C18H16F3NO4S/c1-2-25-17(24)14-13(10-3-4-10)9-27-16(14)22-15(23)11-5-7-12(8-6-11)26-18(19,20)21/h5-10H,2-4H2,1H3,(H,22,23). The van der Waals surface area contributed by atoms with Gasteiger partial charge < -0.3 is 14.8 Å². The molecule has 1 aliphatic carbocycles. The maximum Gasteiger partial charge on any atom is 0.573 e. The lowest BCUT2D eigenvalue weighted by Gasteiger charge is -2.10. The molecule has 144 valence electrons. The van der Waals surface area contributed by atoms with Gasteiger partial charge in [-0.25, -0.2) is 4.79 Å². The first kappa shape index (κ1) is 19.2. The summed E-state index contributed by atoms with van der Waals surface area (Å²) >= 11 is 1.23. The van der Waals surface area contributed by atoms with Gasteiger partial charge in [-0.3, -0.25) is 4.79 Å². The third-order valence-electron chi connectivity index (χ3n) is 3.89. The van der Waals surface area contributed by atoms with Gasteiger partial charge in [-0.1, -0.05) is 0 Å². The van der Waals surface area contributed by atoms with Crippen molar-refractivity contribution in [2.75, 3.05) is 11.9 Å². The van der Waals surface area contributed by atoms with Gasteiger partial charge in [0, 0.05) is 5.56 Å². The quantitative estimate of drug-likeness (QED) is 0.698. The lowest BCUT2D eigenvalue weighted by Crippen LogP contribution is -2.17. The fourth-order valence-electron chi connectivity index (χ4n) is 2.56. The number of carbonyl (C=O) groups excluding carboxylic acids is 2. The number of anilines is 1. The Hall–Kier alpha value is -2.55. The zero-order valence-corrected chi connectivity index (χ0v) is 15.1. The average molecular weight is 399 g/mol. The molecular formula is C18H16F3NO4S. The van der Waals surface area contributed by atoms with E-state index < -0.39 is 24.0 Å². The van der Waals surface area contributed by atoms with Crippen molar-refractivity contribution in [3.05, 3.63) is 46.3 Å². The summed E-state index contributed by atoms with van der Waals surface area (Å²) < 4.78 is 45.5. The van der Waals surface area contributed by atoms with Gasteiger partial charge in [-0.2, -0.15) is 0 Å².